The fourth-order valence-corrected chi connectivity index (χ4v) is 1.18. The van der Waals surface area contributed by atoms with Crippen molar-refractivity contribution >= 4 is 17.9 Å². The minimum Gasteiger partial charge on any atom is -0.459 e. The van der Waals surface area contributed by atoms with Crippen LogP contribution in [0.2, 0.25) is 0 Å². The summed E-state index contributed by atoms with van der Waals surface area (Å²) < 4.78 is 14.2. The van der Waals surface area contributed by atoms with Crippen LogP contribution in [0.1, 0.15) is 19.8 Å². The third-order valence-electron chi connectivity index (χ3n) is 2.06. The van der Waals surface area contributed by atoms with Gasteiger partial charge in [0.1, 0.15) is 13.2 Å². The molecule has 0 aliphatic carbocycles. The molecule has 6 nitrogen and oxygen atoms in total. The first kappa shape index (κ1) is 13.2. The molecule has 1 aliphatic rings. The molecule has 1 atom stereocenters. The highest BCUT2D eigenvalue weighted by molar-refractivity contribution is 5.87. The molecule has 1 fully saturated rings. The summed E-state index contributed by atoms with van der Waals surface area (Å²) in [6, 6.07) is 0. The van der Waals surface area contributed by atoms with E-state index in [0.29, 0.717) is 6.42 Å². The van der Waals surface area contributed by atoms with Gasteiger partial charge in [0.2, 0.25) is 0 Å². The largest absolute Gasteiger partial charge is 0.459 e. The van der Waals surface area contributed by atoms with E-state index in [0.717, 1.165) is 0 Å². The summed E-state index contributed by atoms with van der Waals surface area (Å²) in [6.45, 7) is 4.81. The van der Waals surface area contributed by atoms with Gasteiger partial charge < -0.3 is 14.2 Å². The molecule has 1 aliphatic heterocycles. The van der Waals surface area contributed by atoms with Crippen LogP contribution in [-0.2, 0) is 28.6 Å². The van der Waals surface area contributed by atoms with Crippen molar-refractivity contribution in [1.29, 1.82) is 0 Å². The topological polar surface area (TPSA) is 78.9 Å². The Hall–Kier alpha value is -1.85. The molecular formula is C11H14O6. The zero-order chi connectivity index (χ0) is 12.8. The molecule has 0 radical (unpaired) electrons. The van der Waals surface area contributed by atoms with Gasteiger partial charge in [0.05, 0.1) is 0 Å². The van der Waals surface area contributed by atoms with Crippen LogP contribution >= 0.6 is 0 Å². The van der Waals surface area contributed by atoms with Gasteiger partial charge in [-0.05, 0) is 6.92 Å². The van der Waals surface area contributed by atoms with Crippen LogP contribution in [0, 0.1) is 0 Å². The predicted octanol–water partition coefficient (Wildman–Crippen LogP) is 0.354. The lowest BCUT2D eigenvalue weighted by molar-refractivity contribution is -0.163. The fourth-order valence-electron chi connectivity index (χ4n) is 1.18. The lowest BCUT2D eigenvalue weighted by Crippen LogP contribution is -2.24. The lowest BCUT2D eigenvalue weighted by Gasteiger charge is -2.09. The minimum absolute atomic E-state index is 0.0436. The highest BCUT2D eigenvalue weighted by atomic mass is 16.6. The first-order valence-electron chi connectivity index (χ1n) is 5.19. The summed E-state index contributed by atoms with van der Waals surface area (Å²) in [5.41, 5.74) is 0.279. The van der Waals surface area contributed by atoms with E-state index in [4.69, 9.17) is 14.2 Å². The molecule has 0 N–H and O–H groups in total. The molecule has 6 heteroatoms. The fraction of sp³-hybridized carbons (Fsp3) is 0.545. The molecule has 0 saturated carbocycles. The van der Waals surface area contributed by atoms with Gasteiger partial charge in [-0.25, -0.2) is 9.59 Å². The second kappa shape index (κ2) is 6.03. The van der Waals surface area contributed by atoms with Gasteiger partial charge in [0.25, 0.3) is 0 Å². The monoisotopic (exact) mass is 242 g/mol. The van der Waals surface area contributed by atoms with Crippen LogP contribution in [0.25, 0.3) is 0 Å². The van der Waals surface area contributed by atoms with Crippen molar-refractivity contribution in [1.82, 2.24) is 0 Å². The maximum Gasteiger partial charge on any atom is 0.347 e. The Bertz CT molecular complexity index is 346. The Labute approximate surface area is 98.5 Å². The van der Waals surface area contributed by atoms with Crippen LogP contribution in [0.5, 0.6) is 0 Å². The third-order valence-corrected chi connectivity index (χ3v) is 2.06. The van der Waals surface area contributed by atoms with Crippen LogP contribution in [0.4, 0.5) is 0 Å². The Balaban J connectivity index is 2.14. The molecule has 17 heavy (non-hydrogen) atoms. The van der Waals surface area contributed by atoms with Crippen molar-refractivity contribution in [3.8, 4) is 0 Å². The maximum atomic E-state index is 11.3. The van der Waals surface area contributed by atoms with Crippen molar-refractivity contribution < 1.29 is 28.6 Å². The highest BCUT2D eigenvalue weighted by Gasteiger charge is 2.30. The maximum absolute atomic E-state index is 11.3. The summed E-state index contributed by atoms with van der Waals surface area (Å²) >= 11 is 0. The number of hydrogen-bond donors (Lipinski definition) is 0. The van der Waals surface area contributed by atoms with Crippen molar-refractivity contribution in [2.45, 2.75) is 25.9 Å². The van der Waals surface area contributed by atoms with E-state index >= 15 is 0 Å². The molecule has 1 rings (SSSR count). The second-order valence-corrected chi connectivity index (χ2v) is 3.60. The third kappa shape index (κ3) is 4.26. The Morgan fingerprint density at radius 2 is 2.06 bits per heavy atom. The molecule has 0 bridgehead atoms. The summed E-state index contributed by atoms with van der Waals surface area (Å²) in [5.74, 6) is -1.55. The number of ether oxygens (including phenoxy) is 3. The molecular weight excluding hydrogens is 228 g/mol. The van der Waals surface area contributed by atoms with E-state index in [2.05, 4.69) is 6.58 Å². The zero-order valence-electron chi connectivity index (χ0n) is 9.56. The Morgan fingerprint density at radius 3 is 2.59 bits per heavy atom. The minimum atomic E-state index is -0.820. The number of cyclic esters (lactones) is 1. The van der Waals surface area contributed by atoms with Crippen molar-refractivity contribution in [2.24, 2.45) is 0 Å². The van der Waals surface area contributed by atoms with Gasteiger partial charge in [-0.3, -0.25) is 4.79 Å². The molecule has 1 unspecified atom stereocenters. The average molecular weight is 242 g/mol. The van der Waals surface area contributed by atoms with Crippen LogP contribution in [0.3, 0.4) is 0 Å². The first-order chi connectivity index (χ1) is 8.00. The first-order valence-corrected chi connectivity index (χ1v) is 5.19. The molecule has 0 aromatic carbocycles. The molecule has 0 spiro atoms. The zero-order valence-corrected chi connectivity index (χ0v) is 9.56. The van der Waals surface area contributed by atoms with Crippen LogP contribution < -0.4 is 0 Å². The Morgan fingerprint density at radius 1 is 1.41 bits per heavy atom. The molecule has 0 aromatic rings. The SMILES string of the molecule is C=C(C)C(=O)OCCOC(=O)C1CCC(=O)O1. The van der Waals surface area contributed by atoms with Crippen LogP contribution in [0.15, 0.2) is 12.2 Å². The summed E-state index contributed by atoms with van der Waals surface area (Å²) in [5, 5.41) is 0. The van der Waals surface area contributed by atoms with E-state index in [1.165, 1.54) is 6.92 Å². The standard InChI is InChI=1S/C11H14O6/c1-7(2)10(13)15-5-6-16-11(14)8-3-4-9(12)17-8/h8H,1,3-6H2,2H3. The predicted molar refractivity (Wildman–Crippen MR) is 55.8 cm³/mol. The molecule has 94 valence electrons. The average Bonchev–Trinajstić information content (AvgIpc) is 2.70. The molecule has 1 heterocycles. The van der Waals surface area contributed by atoms with Crippen molar-refractivity contribution in [2.75, 3.05) is 13.2 Å². The highest BCUT2D eigenvalue weighted by Crippen LogP contribution is 2.14. The Kier molecular flexibility index (Phi) is 4.68. The number of carbonyl (C=O) groups is 3. The molecule has 0 aromatic heterocycles. The number of carbonyl (C=O) groups excluding carboxylic acids is 3. The normalized spacial score (nSPS) is 18.4. The van der Waals surface area contributed by atoms with E-state index in [-0.39, 0.29) is 25.2 Å². The van der Waals surface area contributed by atoms with Crippen LogP contribution in [-0.4, -0.2) is 37.2 Å². The van der Waals surface area contributed by atoms with Gasteiger partial charge in [0, 0.05) is 18.4 Å². The number of rotatable bonds is 5. The van der Waals surface area contributed by atoms with Crippen molar-refractivity contribution in [3.63, 3.8) is 0 Å². The van der Waals surface area contributed by atoms with Gasteiger partial charge in [-0.1, -0.05) is 6.58 Å². The van der Waals surface area contributed by atoms with E-state index in [1.807, 2.05) is 0 Å². The molecule has 0 amide bonds. The number of esters is 3. The van der Waals surface area contributed by atoms with Gasteiger partial charge in [0.15, 0.2) is 6.10 Å². The van der Waals surface area contributed by atoms with Crippen molar-refractivity contribution in [3.05, 3.63) is 12.2 Å². The van der Waals surface area contributed by atoms with Gasteiger partial charge in [-0.2, -0.15) is 0 Å². The second-order valence-electron chi connectivity index (χ2n) is 3.60. The smallest absolute Gasteiger partial charge is 0.347 e. The van der Waals surface area contributed by atoms with E-state index in [9.17, 15) is 14.4 Å². The summed E-state index contributed by atoms with van der Waals surface area (Å²) in [6.07, 6.45) is -0.257. The quantitative estimate of drug-likeness (QED) is 0.299. The van der Waals surface area contributed by atoms with Gasteiger partial charge >= 0.3 is 17.9 Å². The summed E-state index contributed by atoms with van der Waals surface area (Å²) in [7, 11) is 0. The summed E-state index contributed by atoms with van der Waals surface area (Å²) in [4.78, 5) is 33.0. The van der Waals surface area contributed by atoms with E-state index in [1.54, 1.807) is 0 Å². The number of hydrogen-bond acceptors (Lipinski definition) is 6. The van der Waals surface area contributed by atoms with Gasteiger partial charge in [-0.15, -0.1) is 0 Å². The molecule has 1 saturated heterocycles. The lowest BCUT2D eigenvalue weighted by atomic mass is 10.2. The van der Waals surface area contributed by atoms with E-state index < -0.39 is 24.0 Å².